The van der Waals surface area contributed by atoms with Gasteiger partial charge in [-0.1, -0.05) is 17.7 Å². The smallest absolute Gasteiger partial charge is 0.168 e. The molecular formula is C15H17N5O. The maximum Gasteiger partial charge on any atom is 0.168 e. The van der Waals surface area contributed by atoms with Gasteiger partial charge < -0.3 is 10.4 Å². The minimum atomic E-state index is 0.157. The second-order valence-corrected chi connectivity index (χ2v) is 4.86. The molecule has 2 heterocycles. The average molecular weight is 283 g/mol. The van der Waals surface area contributed by atoms with Crippen LogP contribution in [0.4, 0.5) is 5.82 Å². The standard InChI is InChI=1S/C15H17N5O/c1-11-3-5-12(6-4-11)20-15-13(9-19-20)14(17-10-18-15)16-7-2-8-21/h3-6,9-10,21H,2,7-8H2,1H3,(H,16,17,18). The molecule has 0 unspecified atom stereocenters. The molecule has 21 heavy (non-hydrogen) atoms. The van der Waals surface area contributed by atoms with Crippen molar-refractivity contribution in [2.24, 2.45) is 0 Å². The summed E-state index contributed by atoms with van der Waals surface area (Å²) >= 11 is 0. The Morgan fingerprint density at radius 1 is 1.19 bits per heavy atom. The molecule has 0 atom stereocenters. The van der Waals surface area contributed by atoms with Crippen LogP contribution in [0.5, 0.6) is 0 Å². The van der Waals surface area contributed by atoms with E-state index >= 15 is 0 Å². The Balaban J connectivity index is 1.98. The van der Waals surface area contributed by atoms with E-state index in [1.807, 2.05) is 24.3 Å². The van der Waals surface area contributed by atoms with Crippen LogP contribution in [-0.4, -0.2) is 38.0 Å². The Labute approximate surface area is 122 Å². The van der Waals surface area contributed by atoms with E-state index in [4.69, 9.17) is 5.11 Å². The van der Waals surface area contributed by atoms with E-state index in [1.165, 1.54) is 11.9 Å². The number of benzene rings is 1. The first-order chi connectivity index (χ1) is 10.3. The van der Waals surface area contributed by atoms with Gasteiger partial charge in [-0.3, -0.25) is 0 Å². The highest BCUT2D eigenvalue weighted by molar-refractivity contribution is 5.87. The van der Waals surface area contributed by atoms with E-state index in [1.54, 1.807) is 10.9 Å². The maximum atomic E-state index is 8.84. The fourth-order valence-electron chi connectivity index (χ4n) is 2.15. The summed E-state index contributed by atoms with van der Waals surface area (Å²) in [5.74, 6) is 0.742. The van der Waals surface area contributed by atoms with E-state index in [-0.39, 0.29) is 6.61 Å². The van der Waals surface area contributed by atoms with Gasteiger partial charge in [0.2, 0.25) is 0 Å². The predicted octanol–water partition coefficient (Wildman–Crippen LogP) is 1.92. The topological polar surface area (TPSA) is 75.9 Å². The normalized spacial score (nSPS) is 11.0. The van der Waals surface area contributed by atoms with E-state index in [0.717, 1.165) is 22.5 Å². The van der Waals surface area contributed by atoms with Crippen LogP contribution in [0, 0.1) is 6.92 Å². The lowest BCUT2D eigenvalue weighted by Crippen LogP contribution is -2.06. The van der Waals surface area contributed by atoms with Crippen LogP contribution in [-0.2, 0) is 0 Å². The lowest BCUT2D eigenvalue weighted by Gasteiger charge is -2.06. The molecule has 0 amide bonds. The first-order valence-corrected chi connectivity index (χ1v) is 6.90. The monoisotopic (exact) mass is 283 g/mol. The van der Waals surface area contributed by atoms with Gasteiger partial charge in [0, 0.05) is 13.2 Å². The van der Waals surface area contributed by atoms with Crippen molar-refractivity contribution >= 4 is 16.9 Å². The molecule has 3 rings (SSSR count). The third kappa shape index (κ3) is 2.71. The van der Waals surface area contributed by atoms with Crippen molar-refractivity contribution in [3.63, 3.8) is 0 Å². The number of rotatable bonds is 5. The molecule has 0 aliphatic heterocycles. The van der Waals surface area contributed by atoms with Crippen LogP contribution in [0.25, 0.3) is 16.7 Å². The molecule has 0 saturated carbocycles. The minimum Gasteiger partial charge on any atom is -0.396 e. The molecule has 0 radical (unpaired) electrons. The largest absolute Gasteiger partial charge is 0.396 e. The van der Waals surface area contributed by atoms with E-state index < -0.39 is 0 Å². The first kappa shape index (κ1) is 13.5. The van der Waals surface area contributed by atoms with Crippen molar-refractivity contribution in [2.45, 2.75) is 13.3 Å². The van der Waals surface area contributed by atoms with Gasteiger partial charge in [0.15, 0.2) is 5.65 Å². The van der Waals surface area contributed by atoms with Gasteiger partial charge in [0.1, 0.15) is 12.1 Å². The zero-order valence-corrected chi connectivity index (χ0v) is 11.8. The maximum absolute atomic E-state index is 8.84. The number of hydrogen-bond donors (Lipinski definition) is 2. The van der Waals surface area contributed by atoms with Crippen molar-refractivity contribution in [3.05, 3.63) is 42.4 Å². The van der Waals surface area contributed by atoms with Crippen molar-refractivity contribution in [1.82, 2.24) is 19.7 Å². The Morgan fingerprint density at radius 2 is 2.00 bits per heavy atom. The van der Waals surface area contributed by atoms with Gasteiger partial charge in [0.25, 0.3) is 0 Å². The second kappa shape index (κ2) is 5.88. The average Bonchev–Trinajstić information content (AvgIpc) is 2.93. The Kier molecular flexibility index (Phi) is 3.79. The summed E-state index contributed by atoms with van der Waals surface area (Å²) in [6.45, 7) is 2.87. The first-order valence-electron chi connectivity index (χ1n) is 6.90. The Hall–Kier alpha value is -2.47. The summed E-state index contributed by atoms with van der Waals surface area (Å²) in [5, 5.41) is 17.3. The lowest BCUT2D eigenvalue weighted by atomic mass is 10.2. The predicted molar refractivity (Wildman–Crippen MR) is 81.6 cm³/mol. The summed E-state index contributed by atoms with van der Waals surface area (Å²) in [7, 11) is 0. The number of fused-ring (bicyclic) bond motifs is 1. The van der Waals surface area contributed by atoms with Crippen molar-refractivity contribution in [1.29, 1.82) is 0 Å². The van der Waals surface area contributed by atoms with E-state index in [0.29, 0.717) is 13.0 Å². The summed E-state index contributed by atoms with van der Waals surface area (Å²) in [6.07, 6.45) is 3.96. The van der Waals surface area contributed by atoms with E-state index in [9.17, 15) is 0 Å². The molecule has 2 N–H and O–H groups in total. The molecule has 0 bridgehead atoms. The molecule has 0 spiro atoms. The number of hydrogen-bond acceptors (Lipinski definition) is 5. The van der Waals surface area contributed by atoms with Crippen molar-refractivity contribution < 1.29 is 5.11 Å². The van der Waals surface area contributed by atoms with Crippen molar-refractivity contribution in [3.8, 4) is 5.69 Å². The highest BCUT2D eigenvalue weighted by Crippen LogP contribution is 2.21. The van der Waals surface area contributed by atoms with Gasteiger partial charge >= 0.3 is 0 Å². The Bertz CT molecular complexity index is 735. The summed E-state index contributed by atoms with van der Waals surface area (Å²) in [4.78, 5) is 8.57. The third-order valence-electron chi connectivity index (χ3n) is 3.27. The van der Waals surface area contributed by atoms with Gasteiger partial charge in [-0.05, 0) is 25.5 Å². The highest BCUT2D eigenvalue weighted by atomic mass is 16.3. The SMILES string of the molecule is Cc1ccc(-n2ncc3c(NCCCO)ncnc32)cc1. The van der Waals surface area contributed by atoms with Gasteiger partial charge in [-0.25, -0.2) is 14.6 Å². The minimum absolute atomic E-state index is 0.157. The fourth-order valence-corrected chi connectivity index (χ4v) is 2.15. The molecule has 108 valence electrons. The molecule has 6 nitrogen and oxygen atoms in total. The van der Waals surface area contributed by atoms with Crippen LogP contribution in [0.1, 0.15) is 12.0 Å². The molecule has 1 aromatic carbocycles. The fraction of sp³-hybridized carbons (Fsp3) is 0.267. The van der Waals surface area contributed by atoms with Gasteiger partial charge in [-0.2, -0.15) is 5.10 Å². The number of nitrogens with one attached hydrogen (secondary N) is 1. The highest BCUT2D eigenvalue weighted by Gasteiger charge is 2.10. The summed E-state index contributed by atoms with van der Waals surface area (Å²) < 4.78 is 1.80. The van der Waals surface area contributed by atoms with Crippen LogP contribution in [0.15, 0.2) is 36.8 Å². The molecule has 0 aliphatic carbocycles. The second-order valence-electron chi connectivity index (χ2n) is 4.86. The van der Waals surface area contributed by atoms with Gasteiger partial charge in [0.05, 0.1) is 17.3 Å². The number of aromatic nitrogens is 4. The van der Waals surface area contributed by atoms with Gasteiger partial charge in [-0.15, -0.1) is 0 Å². The molecular weight excluding hydrogens is 266 g/mol. The summed E-state index contributed by atoms with van der Waals surface area (Å²) in [5.41, 5.74) is 2.94. The number of aliphatic hydroxyl groups is 1. The molecule has 6 heteroatoms. The number of anilines is 1. The van der Waals surface area contributed by atoms with Crippen LogP contribution in [0.2, 0.25) is 0 Å². The van der Waals surface area contributed by atoms with Crippen molar-refractivity contribution in [2.75, 3.05) is 18.5 Å². The molecule has 0 saturated heterocycles. The number of aliphatic hydroxyl groups excluding tert-OH is 1. The number of nitrogens with zero attached hydrogens (tertiary/aromatic N) is 4. The third-order valence-corrected chi connectivity index (χ3v) is 3.27. The van der Waals surface area contributed by atoms with Crippen LogP contribution in [0.3, 0.4) is 0 Å². The zero-order chi connectivity index (χ0) is 14.7. The summed E-state index contributed by atoms with van der Waals surface area (Å²) in [6, 6.07) is 8.13. The number of aryl methyl sites for hydroxylation is 1. The molecule has 3 aromatic rings. The molecule has 2 aromatic heterocycles. The molecule has 0 fully saturated rings. The molecule has 0 aliphatic rings. The quantitative estimate of drug-likeness (QED) is 0.700. The van der Waals surface area contributed by atoms with E-state index in [2.05, 4.69) is 27.3 Å². The Morgan fingerprint density at radius 3 is 2.76 bits per heavy atom. The van der Waals surface area contributed by atoms with Crippen LogP contribution < -0.4 is 5.32 Å². The lowest BCUT2D eigenvalue weighted by molar-refractivity contribution is 0.292. The van der Waals surface area contributed by atoms with Crippen LogP contribution >= 0.6 is 0 Å². The zero-order valence-electron chi connectivity index (χ0n) is 11.8.